The molecule has 3 heterocycles. The molecule has 7 nitrogen and oxygen atoms in total. The maximum absolute atomic E-state index is 12.5. The SMILES string of the molecule is CCc1cc(C(=O)N2CCC([C@@H](NC(C)=O)c3nccs3)CC2)on1. The van der Waals surface area contributed by atoms with E-state index in [1.165, 1.54) is 6.92 Å². The van der Waals surface area contributed by atoms with Gasteiger partial charge in [-0.05, 0) is 25.2 Å². The number of nitrogens with one attached hydrogen (secondary N) is 1. The molecule has 8 heteroatoms. The Hall–Kier alpha value is -2.22. The van der Waals surface area contributed by atoms with Gasteiger partial charge in [0.2, 0.25) is 11.7 Å². The van der Waals surface area contributed by atoms with Gasteiger partial charge < -0.3 is 14.7 Å². The summed E-state index contributed by atoms with van der Waals surface area (Å²) in [5.74, 6) is 0.386. The van der Waals surface area contributed by atoms with Crippen LogP contribution in [0.1, 0.15) is 54.0 Å². The van der Waals surface area contributed by atoms with E-state index in [0.717, 1.165) is 30.0 Å². The van der Waals surface area contributed by atoms with Crippen LogP contribution in [-0.2, 0) is 11.2 Å². The molecular weight excluding hydrogens is 340 g/mol. The van der Waals surface area contributed by atoms with Gasteiger partial charge in [0.25, 0.3) is 5.91 Å². The van der Waals surface area contributed by atoms with E-state index in [1.807, 2.05) is 12.3 Å². The second-order valence-electron chi connectivity index (χ2n) is 6.21. The zero-order chi connectivity index (χ0) is 17.8. The highest BCUT2D eigenvalue weighted by Crippen LogP contribution is 2.32. The number of hydrogen-bond acceptors (Lipinski definition) is 6. The molecule has 1 N–H and O–H groups in total. The Morgan fingerprint density at radius 1 is 1.44 bits per heavy atom. The van der Waals surface area contributed by atoms with Crippen molar-refractivity contribution in [1.82, 2.24) is 20.4 Å². The lowest BCUT2D eigenvalue weighted by Crippen LogP contribution is -2.42. The second kappa shape index (κ2) is 7.77. The van der Waals surface area contributed by atoms with E-state index in [9.17, 15) is 9.59 Å². The molecule has 0 bridgehead atoms. The number of aromatic nitrogens is 2. The molecule has 1 aliphatic heterocycles. The van der Waals surface area contributed by atoms with Gasteiger partial charge in [-0.15, -0.1) is 11.3 Å². The van der Waals surface area contributed by atoms with Gasteiger partial charge in [0.15, 0.2) is 0 Å². The maximum Gasteiger partial charge on any atom is 0.292 e. The summed E-state index contributed by atoms with van der Waals surface area (Å²) in [7, 11) is 0. The number of nitrogens with zero attached hydrogens (tertiary/aromatic N) is 3. The summed E-state index contributed by atoms with van der Waals surface area (Å²) >= 11 is 1.55. The summed E-state index contributed by atoms with van der Waals surface area (Å²) in [6.45, 7) is 4.76. The van der Waals surface area contributed by atoms with Crippen LogP contribution in [0.4, 0.5) is 0 Å². The Kier molecular flexibility index (Phi) is 5.47. The zero-order valence-electron chi connectivity index (χ0n) is 14.4. The summed E-state index contributed by atoms with van der Waals surface area (Å²) in [5.41, 5.74) is 0.785. The predicted molar refractivity (Wildman–Crippen MR) is 93.2 cm³/mol. The van der Waals surface area contributed by atoms with E-state index in [2.05, 4.69) is 15.5 Å². The molecule has 0 saturated carbocycles. The minimum absolute atomic E-state index is 0.0625. The standard InChI is InChI=1S/C17H22N4O3S/c1-3-13-10-14(24-20-13)17(23)21-7-4-12(5-8-21)15(19-11(2)22)16-18-6-9-25-16/h6,9-10,12,15H,3-5,7-8H2,1-2H3,(H,19,22)/t15-/m1/s1. The van der Waals surface area contributed by atoms with E-state index >= 15 is 0 Å². The van der Waals surface area contributed by atoms with Crippen LogP contribution in [-0.4, -0.2) is 39.9 Å². The van der Waals surface area contributed by atoms with Crippen LogP contribution in [0.2, 0.25) is 0 Å². The van der Waals surface area contributed by atoms with Gasteiger partial charge >= 0.3 is 0 Å². The Morgan fingerprint density at radius 3 is 2.76 bits per heavy atom. The number of aryl methyl sites for hydroxylation is 1. The van der Waals surface area contributed by atoms with Crippen LogP contribution in [0.15, 0.2) is 22.2 Å². The topological polar surface area (TPSA) is 88.3 Å². The molecular formula is C17H22N4O3S. The molecule has 134 valence electrons. The first-order valence-corrected chi connectivity index (χ1v) is 9.37. The number of piperidine rings is 1. The lowest BCUT2D eigenvalue weighted by Gasteiger charge is -2.35. The molecule has 1 fully saturated rings. The van der Waals surface area contributed by atoms with Gasteiger partial charge in [-0.25, -0.2) is 4.98 Å². The van der Waals surface area contributed by atoms with Crippen molar-refractivity contribution in [2.75, 3.05) is 13.1 Å². The van der Waals surface area contributed by atoms with E-state index in [1.54, 1.807) is 28.5 Å². The fourth-order valence-corrected chi connectivity index (χ4v) is 3.94. The van der Waals surface area contributed by atoms with Gasteiger partial charge in [-0.2, -0.15) is 0 Å². The monoisotopic (exact) mass is 362 g/mol. The fraction of sp³-hybridized carbons (Fsp3) is 0.529. The predicted octanol–water partition coefficient (Wildman–Crippen LogP) is 2.42. The number of thiazole rings is 1. The summed E-state index contributed by atoms with van der Waals surface area (Å²) < 4.78 is 5.15. The van der Waals surface area contributed by atoms with E-state index in [4.69, 9.17) is 4.52 Å². The van der Waals surface area contributed by atoms with Crippen molar-refractivity contribution in [2.45, 2.75) is 39.2 Å². The number of hydrogen-bond donors (Lipinski definition) is 1. The number of amides is 2. The van der Waals surface area contributed by atoms with Crippen LogP contribution < -0.4 is 5.32 Å². The van der Waals surface area contributed by atoms with E-state index in [-0.39, 0.29) is 23.8 Å². The Labute approximate surface area is 150 Å². The molecule has 2 aromatic rings. The molecule has 2 aromatic heterocycles. The number of carbonyl (C=O) groups is 2. The molecule has 25 heavy (non-hydrogen) atoms. The van der Waals surface area contributed by atoms with Crippen molar-refractivity contribution in [3.63, 3.8) is 0 Å². The summed E-state index contributed by atoms with van der Waals surface area (Å²) in [6, 6.07) is 1.62. The molecule has 0 spiro atoms. The maximum atomic E-state index is 12.5. The number of rotatable bonds is 5. The fourth-order valence-electron chi connectivity index (χ4n) is 3.16. The van der Waals surface area contributed by atoms with E-state index < -0.39 is 0 Å². The Bertz CT molecular complexity index is 720. The van der Waals surface area contributed by atoms with Gasteiger partial charge in [-0.1, -0.05) is 12.1 Å². The summed E-state index contributed by atoms with van der Waals surface area (Å²) in [4.78, 5) is 30.2. The van der Waals surface area contributed by atoms with Gasteiger partial charge in [0, 0.05) is 37.7 Å². The van der Waals surface area contributed by atoms with Gasteiger partial charge in [0.05, 0.1) is 11.7 Å². The number of likely N-dealkylation sites (tertiary alicyclic amines) is 1. The highest BCUT2D eigenvalue weighted by Gasteiger charge is 2.32. The molecule has 0 radical (unpaired) electrons. The Balaban J connectivity index is 1.63. The lowest BCUT2D eigenvalue weighted by atomic mass is 9.89. The smallest absolute Gasteiger partial charge is 0.292 e. The quantitative estimate of drug-likeness (QED) is 0.882. The Morgan fingerprint density at radius 2 is 2.20 bits per heavy atom. The molecule has 1 atom stereocenters. The average Bonchev–Trinajstić information content (AvgIpc) is 3.30. The van der Waals surface area contributed by atoms with Crippen molar-refractivity contribution >= 4 is 23.2 Å². The third-order valence-electron chi connectivity index (χ3n) is 4.51. The highest BCUT2D eigenvalue weighted by atomic mass is 32.1. The summed E-state index contributed by atoms with van der Waals surface area (Å²) in [5, 5.41) is 9.73. The molecule has 2 amide bonds. The zero-order valence-corrected chi connectivity index (χ0v) is 15.2. The van der Waals surface area contributed by atoms with Crippen LogP contribution in [0, 0.1) is 5.92 Å². The minimum atomic E-state index is -0.115. The third kappa shape index (κ3) is 4.07. The first-order chi connectivity index (χ1) is 12.1. The van der Waals surface area contributed by atoms with Crippen molar-refractivity contribution in [2.24, 2.45) is 5.92 Å². The third-order valence-corrected chi connectivity index (χ3v) is 5.37. The van der Waals surface area contributed by atoms with Gasteiger partial charge in [0.1, 0.15) is 5.01 Å². The largest absolute Gasteiger partial charge is 0.351 e. The van der Waals surface area contributed by atoms with Crippen LogP contribution in [0.3, 0.4) is 0 Å². The molecule has 0 aromatic carbocycles. The average molecular weight is 362 g/mol. The molecule has 1 saturated heterocycles. The lowest BCUT2D eigenvalue weighted by molar-refractivity contribution is -0.120. The molecule has 1 aliphatic rings. The summed E-state index contributed by atoms with van der Waals surface area (Å²) in [6.07, 6.45) is 4.11. The highest BCUT2D eigenvalue weighted by molar-refractivity contribution is 7.09. The molecule has 3 rings (SSSR count). The normalized spacial score (nSPS) is 16.6. The van der Waals surface area contributed by atoms with Crippen LogP contribution in [0.25, 0.3) is 0 Å². The minimum Gasteiger partial charge on any atom is -0.351 e. The van der Waals surface area contributed by atoms with Gasteiger partial charge in [-0.3, -0.25) is 9.59 Å². The molecule has 0 aliphatic carbocycles. The van der Waals surface area contributed by atoms with Crippen molar-refractivity contribution in [1.29, 1.82) is 0 Å². The second-order valence-corrected chi connectivity index (χ2v) is 7.14. The first kappa shape index (κ1) is 17.6. The number of carbonyl (C=O) groups excluding carboxylic acids is 2. The first-order valence-electron chi connectivity index (χ1n) is 8.49. The van der Waals surface area contributed by atoms with Crippen molar-refractivity contribution in [3.05, 3.63) is 34.1 Å². The van der Waals surface area contributed by atoms with Crippen molar-refractivity contribution in [3.8, 4) is 0 Å². The molecule has 0 unspecified atom stereocenters. The van der Waals surface area contributed by atoms with Crippen LogP contribution in [0.5, 0.6) is 0 Å². The van der Waals surface area contributed by atoms with Crippen LogP contribution >= 0.6 is 11.3 Å². The van der Waals surface area contributed by atoms with E-state index in [0.29, 0.717) is 18.8 Å². The van der Waals surface area contributed by atoms with Crippen molar-refractivity contribution < 1.29 is 14.1 Å².